The monoisotopic (exact) mass is 259 g/mol. The molecule has 1 heterocycles. The lowest BCUT2D eigenvalue weighted by molar-refractivity contribution is 0.583. The van der Waals surface area contributed by atoms with Crippen molar-refractivity contribution in [3.63, 3.8) is 0 Å². The van der Waals surface area contributed by atoms with Crippen molar-refractivity contribution in [2.45, 2.75) is 26.4 Å². The van der Waals surface area contributed by atoms with Gasteiger partial charge in [-0.1, -0.05) is 6.92 Å². The smallest absolute Gasteiger partial charge is 0.212 e. The maximum atomic E-state index is 11.1. The average Bonchev–Trinajstić information content (AvgIpc) is 2.73. The Morgan fingerprint density at radius 1 is 1.41 bits per heavy atom. The molecule has 1 aromatic heterocycles. The third-order valence-corrected chi connectivity index (χ3v) is 3.84. The summed E-state index contributed by atoms with van der Waals surface area (Å²) in [6.07, 6.45) is 5.25. The Balaban J connectivity index is 2.26. The fourth-order valence-corrected chi connectivity index (χ4v) is 2.15. The van der Waals surface area contributed by atoms with E-state index in [0.29, 0.717) is 13.1 Å². The highest BCUT2D eigenvalue weighted by atomic mass is 32.2. The van der Waals surface area contributed by atoms with Crippen LogP contribution in [0.25, 0.3) is 0 Å². The van der Waals surface area contributed by atoms with E-state index in [1.165, 1.54) is 12.6 Å². The molecule has 17 heavy (non-hydrogen) atoms. The topological polar surface area (TPSA) is 63.1 Å². The first kappa shape index (κ1) is 14.2. The van der Waals surface area contributed by atoms with Crippen LogP contribution in [0.4, 0.5) is 0 Å². The third kappa shape index (κ3) is 5.34. The second kappa shape index (κ2) is 6.78. The number of aromatic nitrogens is 1. The van der Waals surface area contributed by atoms with Gasteiger partial charge in [-0.2, -0.15) is 0 Å². The van der Waals surface area contributed by atoms with Gasteiger partial charge in [-0.15, -0.1) is 0 Å². The van der Waals surface area contributed by atoms with Gasteiger partial charge in [0, 0.05) is 32.0 Å². The highest BCUT2D eigenvalue weighted by Gasteiger charge is 2.05. The van der Waals surface area contributed by atoms with Crippen LogP contribution in [0, 0.1) is 0 Å². The summed E-state index contributed by atoms with van der Waals surface area (Å²) in [6.45, 7) is 4.33. The van der Waals surface area contributed by atoms with Crippen molar-refractivity contribution >= 4 is 10.0 Å². The molecule has 0 unspecified atom stereocenters. The van der Waals surface area contributed by atoms with Crippen molar-refractivity contribution in [1.29, 1.82) is 0 Å². The van der Waals surface area contributed by atoms with Crippen molar-refractivity contribution < 1.29 is 8.42 Å². The van der Waals surface area contributed by atoms with Gasteiger partial charge in [-0.3, -0.25) is 0 Å². The lowest BCUT2D eigenvalue weighted by atomic mass is 10.3. The Bertz CT molecular complexity index is 426. The van der Waals surface area contributed by atoms with E-state index in [0.717, 1.165) is 13.0 Å². The van der Waals surface area contributed by atoms with Gasteiger partial charge < -0.3 is 9.88 Å². The molecule has 0 amide bonds. The summed E-state index contributed by atoms with van der Waals surface area (Å²) in [7, 11) is -1.66. The van der Waals surface area contributed by atoms with Gasteiger partial charge in [0.15, 0.2) is 0 Å². The van der Waals surface area contributed by atoms with E-state index in [-0.39, 0.29) is 5.75 Å². The van der Waals surface area contributed by atoms with Gasteiger partial charge in [0.1, 0.15) is 0 Å². The molecule has 6 heteroatoms. The van der Waals surface area contributed by atoms with Crippen molar-refractivity contribution in [1.82, 2.24) is 14.6 Å². The van der Waals surface area contributed by atoms with Crippen LogP contribution in [0.15, 0.2) is 18.5 Å². The minimum Gasteiger partial charge on any atom is -0.354 e. The lowest BCUT2D eigenvalue weighted by Gasteiger charge is -2.04. The largest absolute Gasteiger partial charge is 0.354 e. The molecule has 0 aliphatic heterocycles. The predicted octanol–water partition coefficient (Wildman–Crippen LogP) is 0.537. The van der Waals surface area contributed by atoms with Gasteiger partial charge in [-0.25, -0.2) is 13.1 Å². The van der Waals surface area contributed by atoms with Gasteiger partial charge in [0.25, 0.3) is 0 Å². The van der Waals surface area contributed by atoms with Gasteiger partial charge in [-0.05, 0) is 25.1 Å². The Morgan fingerprint density at radius 3 is 2.82 bits per heavy atom. The first-order valence-corrected chi connectivity index (χ1v) is 7.49. The van der Waals surface area contributed by atoms with E-state index in [1.807, 2.05) is 6.20 Å². The molecule has 98 valence electrons. The summed E-state index contributed by atoms with van der Waals surface area (Å²) in [4.78, 5) is 0. The van der Waals surface area contributed by atoms with Crippen LogP contribution in [-0.2, 0) is 23.1 Å². The zero-order chi connectivity index (χ0) is 12.7. The minimum atomic E-state index is -3.10. The molecule has 0 atom stereocenters. The van der Waals surface area contributed by atoms with E-state index in [2.05, 4.69) is 33.8 Å². The maximum Gasteiger partial charge on any atom is 0.212 e. The Morgan fingerprint density at radius 2 is 2.18 bits per heavy atom. The molecule has 0 saturated heterocycles. The molecule has 0 spiro atoms. The minimum absolute atomic E-state index is 0.110. The summed E-state index contributed by atoms with van der Waals surface area (Å²) in [5.74, 6) is 0.110. The van der Waals surface area contributed by atoms with Crippen molar-refractivity contribution in [2.24, 2.45) is 0 Å². The van der Waals surface area contributed by atoms with Crippen LogP contribution < -0.4 is 10.0 Å². The summed E-state index contributed by atoms with van der Waals surface area (Å²) in [5.41, 5.74) is 1.18. The maximum absolute atomic E-state index is 11.1. The number of rotatable bonds is 8. The molecule has 1 rings (SSSR count). The van der Waals surface area contributed by atoms with Gasteiger partial charge in [0.05, 0.1) is 5.75 Å². The number of hydrogen-bond donors (Lipinski definition) is 2. The van der Waals surface area contributed by atoms with Crippen molar-refractivity contribution in [2.75, 3.05) is 19.3 Å². The van der Waals surface area contributed by atoms with E-state index in [9.17, 15) is 8.42 Å². The first-order chi connectivity index (χ1) is 8.07. The number of aryl methyl sites for hydroxylation is 1. The molecule has 0 radical (unpaired) electrons. The van der Waals surface area contributed by atoms with Crippen molar-refractivity contribution in [3.05, 3.63) is 24.0 Å². The third-order valence-electron chi connectivity index (χ3n) is 2.48. The average molecular weight is 259 g/mol. The fraction of sp³-hybridized carbons (Fsp3) is 0.636. The number of hydrogen-bond acceptors (Lipinski definition) is 3. The second-order valence-electron chi connectivity index (χ2n) is 3.96. The molecule has 0 saturated carbocycles. The molecule has 0 fully saturated rings. The van der Waals surface area contributed by atoms with Gasteiger partial charge >= 0.3 is 0 Å². The van der Waals surface area contributed by atoms with E-state index < -0.39 is 10.0 Å². The Hall–Kier alpha value is -0.850. The van der Waals surface area contributed by atoms with Crippen LogP contribution in [0.2, 0.25) is 0 Å². The molecule has 0 bridgehead atoms. The Labute approximate surface area is 103 Å². The molecule has 0 aromatic carbocycles. The van der Waals surface area contributed by atoms with Crippen LogP contribution in [0.5, 0.6) is 0 Å². The normalized spacial score (nSPS) is 11.9. The number of nitrogens with zero attached hydrogens (tertiary/aromatic N) is 1. The molecular weight excluding hydrogens is 238 g/mol. The quantitative estimate of drug-likeness (QED) is 0.670. The molecular formula is C11H21N3O2S. The van der Waals surface area contributed by atoms with Crippen LogP contribution >= 0.6 is 0 Å². The molecule has 2 N–H and O–H groups in total. The highest BCUT2D eigenvalue weighted by Crippen LogP contribution is 2.01. The van der Waals surface area contributed by atoms with Crippen LogP contribution in [-0.4, -0.2) is 32.3 Å². The van der Waals surface area contributed by atoms with Crippen molar-refractivity contribution in [3.8, 4) is 0 Å². The zero-order valence-electron chi connectivity index (χ0n) is 10.4. The van der Waals surface area contributed by atoms with Crippen LogP contribution in [0.1, 0.15) is 18.9 Å². The summed E-state index contributed by atoms with van der Waals surface area (Å²) in [6, 6.07) is 2.05. The van der Waals surface area contributed by atoms with Crippen LogP contribution in [0.3, 0.4) is 0 Å². The Kier molecular flexibility index (Phi) is 5.67. The van der Waals surface area contributed by atoms with E-state index in [4.69, 9.17) is 0 Å². The lowest BCUT2D eigenvalue weighted by Crippen LogP contribution is -2.29. The highest BCUT2D eigenvalue weighted by molar-refractivity contribution is 7.89. The molecule has 0 aliphatic carbocycles. The zero-order valence-corrected chi connectivity index (χ0v) is 11.3. The van der Waals surface area contributed by atoms with E-state index >= 15 is 0 Å². The van der Waals surface area contributed by atoms with Gasteiger partial charge in [0.2, 0.25) is 10.0 Å². The predicted molar refractivity (Wildman–Crippen MR) is 69.3 cm³/mol. The second-order valence-corrected chi connectivity index (χ2v) is 6.00. The SMILES string of the molecule is CCCn1ccc(CNCCS(=O)(=O)NC)c1. The summed E-state index contributed by atoms with van der Waals surface area (Å²) >= 11 is 0. The fourth-order valence-electron chi connectivity index (χ4n) is 1.53. The molecule has 5 nitrogen and oxygen atoms in total. The standard InChI is InChI=1S/C11H21N3O2S/c1-3-6-14-7-4-11(10-14)9-13-5-8-17(15,16)12-2/h4,7,10,12-13H,3,5-6,8-9H2,1-2H3. The number of nitrogens with one attached hydrogen (secondary N) is 2. The van der Waals surface area contributed by atoms with E-state index in [1.54, 1.807) is 0 Å². The molecule has 0 aliphatic rings. The molecule has 1 aromatic rings. The number of sulfonamides is 1. The first-order valence-electron chi connectivity index (χ1n) is 5.84. The summed E-state index contributed by atoms with van der Waals surface area (Å²) < 4.78 is 26.7. The summed E-state index contributed by atoms with van der Waals surface area (Å²) in [5, 5.41) is 3.12.